The average Bonchev–Trinajstić information content (AvgIpc) is 3.06. The Bertz CT molecular complexity index is 950. The number of nitrogens with zero attached hydrogens (tertiary/aromatic N) is 1. The summed E-state index contributed by atoms with van der Waals surface area (Å²) in [5.74, 6) is 0.626. The van der Waals surface area contributed by atoms with Gasteiger partial charge in [-0.05, 0) is 48.6 Å². The summed E-state index contributed by atoms with van der Waals surface area (Å²) in [6.45, 7) is 5.13. The summed E-state index contributed by atoms with van der Waals surface area (Å²) in [5, 5.41) is 12.7. The molecule has 1 aromatic heterocycles. The van der Waals surface area contributed by atoms with Gasteiger partial charge in [0.1, 0.15) is 5.75 Å². The second kappa shape index (κ2) is 5.12. The maximum atomic E-state index is 12.1. The summed E-state index contributed by atoms with van der Waals surface area (Å²) in [7, 11) is 0. The lowest BCUT2D eigenvalue weighted by Crippen LogP contribution is -1.97. The zero-order valence-corrected chi connectivity index (χ0v) is 13.6. The molecule has 0 spiro atoms. The van der Waals surface area contributed by atoms with Crippen LogP contribution in [0.3, 0.4) is 0 Å². The zero-order valence-electron chi connectivity index (χ0n) is 13.6. The molecule has 3 heteroatoms. The van der Waals surface area contributed by atoms with E-state index in [0.717, 1.165) is 42.5 Å². The molecule has 0 atom stereocenters. The van der Waals surface area contributed by atoms with Gasteiger partial charge in [-0.15, -0.1) is 0 Å². The zero-order chi connectivity index (χ0) is 16.1. The van der Waals surface area contributed by atoms with Crippen LogP contribution in [0.1, 0.15) is 48.2 Å². The molecule has 0 amide bonds. The molecule has 0 aliphatic heterocycles. The van der Waals surface area contributed by atoms with Crippen molar-refractivity contribution in [3.63, 3.8) is 0 Å². The summed E-state index contributed by atoms with van der Waals surface area (Å²) >= 11 is 0. The van der Waals surface area contributed by atoms with Gasteiger partial charge in [0.25, 0.3) is 0 Å². The van der Waals surface area contributed by atoms with Crippen LogP contribution in [-0.2, 0) is 19.4 Å². The van der Waals surface area contributed by atoms with Gasteiger partial charge in [0, 0.05) is 40.9 Å². The molecular weight excluding hydrogens is 286 g/mol. The molecule has 0 unspecified atom stereocenters. The van der Waals surface area contributed by atoms with Crippen LogP contribution in [0.4, 0.5) is 0 Å². The first-order valence-corrected chi connectivity index (χ1v) is 8.48. The fourth-order valence-electron chi connectivity index (χ4n) is 3.98. The lowest BCUT2D eigenvalue weighted by Gasteiger charge is -2.07. The quantitative estimate of drug-likeness (QED) is 0.768. The molecular formula is C20H21NO2. The maximum absolute atomic E-state index is 12.1. The summed E-state index contributed by atoms with van der Waals surface area (Å²) in [4.78, 5) is 12.1. The maximum Gasteiger partial charge on any atom is 0.163 e. The third-order valence-corrected chi connectivity index (χ3v) is 5.07. The van der Waals surface area contributed by atoms with Gasteiger partial charge < -0.3 is 9.67 Å². The van der Waals surface area contributed by atoms with E-state index in [4.69, 9.17) is 0 Å². The molecule has 3 aromatic rings. The van der Waals surface area contributed by atoms with Crippen molar-refractivity contribution in [2.75, 3.05) is 0 Å². The number of hydrogen-bond donors (Lipinski definition) is 1. The van der Waals surface area contributed by atoms with Crippen molar-refractivity contribution in [1.29, 1.82) is 0 Å². The lowest BCUT2D eigenvalue weighted by molar-refractivity contribution is 0.0994. The van der Waals surface area contributed by atoms with Gasteiger partial charge in [-0.3, -0.25) is 4.79 Å². The van der Waals surface area contributed by atoms with Crippen LogP contribution in [-0.4, -0.2) is 15.5 Å². The second-order valence-corrected chi connectivity index (χ2v) is 6.41. The van der Waals surface area contributed by atoms with Gasteiger partial charge in [-0.2, -0.15) is 0 Å². The third kappa shape index (κ3) is 1.92. The standard InChI is InChI=1S/C20H21NO2/c1-3-9-21-16-7-5-13-14(6-8-18(13)22)20(16)15-10-12(4-2)19(23)11-17(15)21/h5,7,10-11,23H,3-4,6,8-9H2,1-2H3. The number of Topliss-reactive ketones (excluding diaryl/α,β-unsaturated/α-hetero) is 1. The fourth-order valence-corrected chi connectivity index (χ4v) is 3.98. The minimum absolute atomic E-state index is 0.257. The first kappa shape index (κ1) is 14.3. The van der Waals surface area contributed by atoms with Crippen LogP contribution in [0.5, 0.6) is 5.75 Å². The van der Waals surface area contributed by atoms with Crippen LogP contribution < -0.4 is 0 Å². The Morgan fingerprint density at radius 3 is 2.70 bits per heavy atom. The normalized spacial score (nSPS) is 14.1. The molecule has 0 bridgehead atoms. The van der Waals surface area contributed by atoms with Crippen molar-refractivity contribution < 1.29 is 9.90 Å². The number of phenols is 1. The smallest absolute Gasteiger partial charge is 0.163 e. The van der Waals surface area contributed by atoms with Crippen molar-refractivity contribution >= 4 is 27.6 Å². The number of aromatic hydroxyl groups is 1. The number of aromatic nitrogens is 1. The largest absolute Gasteiger partial charge is 0.508 e. The Kier molecular flexibility index (Phi) is 3.19. The highest BCUT2D eigenvalue weighted by atomic mass is 16.3. The van der Waals surface area contributed by atoms with E-state index in [9.17, 15) is 9.90 Å². The Morgan fingerprint density at radius 1 is 1.13 bits per heavy atom. The van der Waals surface area contributed by atoms with E-state index >= 15 is 0 Å². The number of benzene rings is 2. The molecule has 1 aliphatic carbocycles. The van der Waals surface area contributed by atoms with E-state index in [1.165, 1.54) is 21.9 Å². The van der Waals surface area contributed by atoms with Crippen molar-refractivity contribution in [3.05, 3.63) is 41.0 Å². The molecule has 0 saturated carbocycles. The van der Waals surface area contributed by atoms with Crippen molar-refractivity contribution in [3.8, 4) is 5.75 Å². The van der Waals surface area contributed by atoms with E-state index in [2.05, 4.69) is 30.5 Å². The molecule has 118 valence electrons. The van der Waals surface area contributed by atoms with Crippen LogP contribution in [0.15, 0.2) is 24.3 Å². The van der Waals surface area contributed by atoms with Gasteiger partial charge >= 0.3 is 0 Å². The molecule has 0 fully saturated rings. The van der Waals surface area contributed by atoms with Crippen molar-refractivity contribution in [2.45, 2.75) is 46.1 Å². The predicted octanol–water partition coefficient (Wildman–Crippen LogP) is 4.60. The number of fused-ring (bicyclic) bond motifs is 5. The fraction of sp³-hybridized carbons (Fsp3) is 0.350. The summed E-state index contributed by atoms with van der Waals surface area (Å²) in [5.41, 5.74) is 5.31. The number of aryl methyl sites for hydroxylation is 3. The van der Waals surface area contributed by atoms with Crippen LogP contribution in [0.2, 0.25) is 0 Å². The molecule has 0 radical (unpaired) electrons. The highest BCUT2D eigenvalue weighted by molar-refractivity contribution is 6.15. The third-order valence-electron chi connectivity index (χ3n) is 5.07. The molecule has 0 saturated heterocycles. The number of carbonyl (C=O) groups is 1. The summed E-state index contributed by atoms with van der Waals surface area (Å²) in [6.07, 6.45) is 3.29. The predicted molar refractivity (Wildman–Crippen MR) is 93.4 cm³/mol. The number of rotatable bonds is 3. The Balaban J connectivity index is 2.18. The average molecular weight is 307 g/mol. The molecule has 1 N–H and O–H groups in total. The summed E-state index contributed by atoms with van der Waals surface area (Å²) < 4.78 is 2.28. The minimum atomic E-state index is 0.257. The molecule has 1 heterocycles. The Hall–Kier alpha value is -2.29. The lowest BCUT2D eigenvalue weighted by atomic mass is 10.0. The van der Waals surface area contributed by atoms with E-state index in [-0.39, 0.29) is 5.78 Å². The number of carbonyl (C=O) groups excluding carboxylic acids is 1. The van der Waals surface area contributed by atoms with E-state index < -0.39 is 0 Å². The van der Waals surface area contributed by atoms with Gasteiger partial charge in [-0.1, -0.05) is 13.8 Å². The Morgan fingerprint density at radius 2 is 1.96 bits per heavy atom. The van der Waals surface area contributed by atoms with Gasteiger partial charge in [-0.25, -0.2) is 0 Å². The first-order valence-electron chi connectivity index (χ1n) is 8.48. The monoisotopic (exact) mass is 307 g/mol. The number of ketones is 1. The van der Waals surface area contributed by atoms with E-state index in [1.807, 2.05) is 12.1 Å². The van der Waals surface area contributed by atoms with Crippen molar-refractivity contribution in [2.24, 2.45) is 0 Å². The number of hydrogen-bond acceptors (Lipinski definition) is 2. The highest BCUT2D eigenvalue weighted by Crippen LogP contribution is 2.39. The topological polar surface area (TPSA) is 42.2 Å². The molecule has 4 rings (SSSR count). The Labute approximate surface area is 135 Å². The van der Waals surface area contributed by atoms with E-state index in [1.54, 1.807) is 0 Å². The summed E-state index contributed by atoms with van der Waals surface area (Å²) in [6, 6.07) is 8.07. The van der Waals surface area contributed by atoms with Gasteiger partial charge in [0.2, 0.25) is 0 Å². The molecule has 23 heavy (non-hydrogen) atoms. The van der Waals surface area contributed by atoms with Crippen LogP contribution in [0, 0.1) is 0 Å². The van der Waals surface area contributed by atoms with Gasteiger partial charge in [0.05, 0.1) is 5.52 Å². The molecule has 1 aliphatic rings. The first-order chi connectivity index (χ1) is 11.2. The van der Waals surface area contributed by atoms with Crippen molar-refractivity contribution in [1.82, 2.24) is 4.57 Å². The number of phenolic OH excluding ortho intramolecular Hbond substituents is 1. The second-order valence-electron chi connectivity index (χ2n) is 6.41. The molecule has 3 nitrogen and oxygen atoms in total. The SMILES string of the molecule is CCCn1c2cc(O)c(CC)cc2c2c3c(ccc21)C(=O)CC3. The minimum Gasteiger partial charge on any atom is -0.508 e. The highest BCUT2D eigenvalue weighted by Gasteiger charge is 2.25. The molecule has 2 aromatic carbocycles. The van der Waals surface area contributed by atoms with Gasteiger partial charge in [0.15, 0.2) is 5.78 Å². The van der Waals surface area contributed by atoms with Crippen LogP contribution in [0.25, 0.3) is 21.8 Å². The van der Waals surface area contributed by atoms with Crippen LogP contribution >= 0.6 is 0 Å². The van der Waals surface area contributed by atoms with E-state index in [0.29, 0.717) is 12.2 Å².